The molecule has 0 heterocycles. The minimum absolute atomic E-state index is 0.0440. The lowest BCUT2D eigenvalue weighted by atomic mass is 10.1. The van der Waals surface area contributed by atoms with Gasteiger partial charge in [0.2, 0.25) is 10.0 Å². The highest BCUT2D eigenvalue weighted by Gasteiger charge is 2.12. The Morgan fingerprint density at radius 2 is 1.77 bits per heavy atom. The Morgan fingerprint density at radius 3 is 2.41 bits per heavy atom. The second kappa shape index (κ2) is 6.07. The minimum Gasteiger partial charge on any atom is -0.506 e. The number of para-hydroxylation sites is 2. The van der Waals surface area contributed by atoms with Crippen LogP contribution in [-0.4, -0.2) is 25.7 Å². The van der Waals surface area contributed by atoms with Crippen molar-refractivity contribution in [2.45, 2.75) is 6.92 Å². The van der Waals surface area contributed by atoms with Crippen molar-refractivity contribution in [3.63, 3.8) is 0 Å². The van der Waals surface area contributed by atoms with Gasteiger partial charge in [-0.2, -0.15) is 0 Å². The highest BCUT2D eigenvalue weighted by molar-refractivity contribution is 7.92. The highest BCUT2D eigenvalue weighted by atomic mass is 32.2. The molecule has 0 aliphatic rings. The van der Waals surface area contributed by atoms with Gasteiger partial charge in [0.15, 0.2) is 0 Å². The van der Waals surface area contributed by atoms with E-state index in [0.717, 1.165) is 6.26 Å². The fraction of sp³-hybridized carbons (Fsp3) is 0.133. The van der Waals surface area contributed by atoms with Crippen molar-refractivity contribution in [1.82, 2.24) is 0 Å². The number of carbonyl (C=O) groups excluding carboxylic acids is 1. The molecule has 0 unspecified atom stereocenters. The maximum atomic E-state index is 12.2. The van der Waals surface area contributed by atoms with Gasteiger partial charge in [-0.1, -0.05) is 18.2 Å². The fourth-order valence-corrected chi connectivity index (χ4v) is 2.47. The van der Waals surface area contributed by atoms with Crippen molar-refractivity contribution in [1.29, 1.82) is 0 Å². The van der Waals surface area contributed by atoms with E-state index in [-0.39, 0.29) is 17.0 Å². The predicted octanol–water partition coefficient (Wildman–Crippen LogP) is 2.32. The number of sulfonamides is 1. The van der Waals surface area contributed by atoms with Crippen LogP contribution >= 0.6 is 0 Å². The van der Waals surface area contributed by atoms with Crippen LogP contribution in [0.2, 0.25) is 0 Å². The number of amides is 1. The number of nitrogens with one attached hydrogen (secondary N) is 2. The van der Waals surface area contributed by atoms with E-state index in [0.29, 0.717) is 11.3 Å². The van der Waals surface area contributed by atoms with Crippen LogP contribution in [0.15, 0.2) is 42.5 Å². The third kappa shape index (κ3) is 3.98. The molecule has 116 valence electrons. The molecule has 0 bridgehead atoms. The van der Waals surface area contributed by atoms with Crippen molar-refractivity contribution in [2.75, 3.05) is 16.3 Å². The van der Waals surface area contributed by atoms with Crippen LogP contribution in [0, 0.1) is 6.92 Å². The van der Waals surface area contributed by atoms with Crippen molar-refractivity contribution < 1.29 is 18.3 Å². The molecular weight excluding hydrogens is 304 g/mol. The molecule has 0 saturated heterocycles. The molecule has 2 rings (SSSR count). The molecule has 0 aromatic heterocycles. The van der Waals surface area contributed by atoms with Crippen molar-refractivity contribution in [2.24, 2.45) is 0 Å². The summed E-state index contributed by atoms with van der Waals surface area (Å²) in [6.07, 6.45) is 1.04. The number of hydrogen-bond donors (Lipinski definition) is 3. The average Bonchev–Trinajstić information content (AvgIpc) is 2.42. The molecule has 0 aliphatic carbocycles. The first-order chi connectivity index (χ1) is 10.3. The maximum absolute atomic E-state index is 12.2. The molecule has 0 spiro atoms. The number of rotatable bonds is 4. The quantitative estimate of drug-likeness (QED) is 0.753. The molecule has 0 saturated carbocycles. The highest BCUT2D eigenvalue weighted by Crippen LogP contribution is 2.23. The first kappa shape index (κ1) is 15.8. The molecule has 0 aliphatic heterocycles. The van der Waals surface area contributed by atoms with Crippen LogP contribution in [0.4, 0.5) is 11.4 Å². The second-order valence-electron chi connectivity index (χ2n) is 4.88. The number of phenols is 1. The Hall–Kier alpha value is -2.54. The van der Waals surface area contributed by atoms with Crippen LogP contribution in [0.3, 0.4) is 0 Å². The Bertz CT molecular complexity index is 816. The van der Waals surface area contributed by atoms with E-state index >= 15 is 0 Å². The number of benzene rings is 2. The number of hydrogen-bond acceptors (Lipinski definition) is 4. The third-order valence-corrected chi connectivity index (χ3v) is 3.54. The van der Waals surface area contributed by atoms with Crippen LogP contribution < -0.4 is 10.0 Å². The second-order valence-corrected chi connectivity index (χ2v) is 6.62. The van der Waals surface area contributed by atoms with Gasteiger partial charge in [-0.15, -0.1) is 0 Å². The fourth-order valence-electron chi connectivity index (χ4n) is 1.85. The van der Waals surface area contributed by atoms with E-state index in [1.165, 1.54) is 12.1 Å². The normalized spacial score (nSPS) is 11.0. The summed E-state index contributed by atoms with van der Waals surface area (Å²) in [5.74, 6) is -0.490. The maximum Gasteiger partial charge on any atom is 0.255 e. The number of phenolic OH excluding ortho intramolecular Hbond substituents is 1. The summed E-state index contributed by atoms with van der Waals surface area (Å²) < 4.78 is 25.0. The Balaban J connectivity index is 2.27. The summed E-state index contributed by atoms with van der Waals surface area (Å²) >= 11 is 0. The van der Waals surface area contributed by atoms with E-state index in [1.807, 2.05) is 0 Å². The van der Waals surface area contributed by atoms with Crippen LogP contribution in [-0.2, 0) is 10.0 Å². The zero-order chi connectivity index (χ0) is 16.3. The zero-order valence-electron chi connectivity index (χ0n) is 12.1. The molecule has 1 amide bonds. The molecule has 0 fully saturated rings. The number of anilines is 2. The molecule has 6 nitrogen and oxygen atoms in total. The third-order valence-electron chi connectivity index (χ3n) is 2.95. The van der Waals surface area contributed by atoms with Crippen molar-refractivity contribution in [3.8, 4) is 5.75 Å². The lowest BCUT2D eigenvalue weighted by Crippen LogP contribution is -2.14. The summed E-state index contributed by atoms with van der Waals surface area (Å²) in [4.78, 5) is 12.2. The monoisotopic (exact) mass is 320 g/mol. The van der Waals surface area contributed by atoms with Crippen molar-refractivity contribution in [3.05, 3.63) is 53.6 Å². The van der Waals surface area contributed by atoms with Gasteiger partial charge in [-0.25, -0.2) is 8.42 Å². The molecule has 0 atom stereocenters. The number of aromatic hydroxyl groups is 1. The smallest absolute Gasteiger partial charge is 0.255 e. The van der Waals surface area contributed by atoms with E-state index in [9.17, 15) is 18.3 Å². The van der Waals surface area contributed by atoms with E-state index in [4.69, 9.17) is 0 Å². The number of aryl methyl sites for hydroxylation is 1. The van der Waals surface area contributed by atoms with Gasteiger partial charge in [-0.05, 0) is 36.8 Å². The van der Waals surface area contributed by atoms with E-state index in [2.05, 4.69) is 10.0 Å². The van der Waals surface area contributed by atoms with Gasteiger partial charge in [0.25, 0.3) is 5.91 Å². The summed E-state index contributed by atoms with van der Waals surface area (Å²) in [7, 11) is -3.43. The van der Waals surface area contributed by atoms with Gasteiger partial charge in [0, 0.05) is 5.56 Å². The van der Waals surface area contributed by atoms with E-state index < -0.39 is 15.9 Å². The minimum atomic E-state index is -3.43. The van der Waals surface area contributed by atoms with Gasteiger partial charge in [-0.3, -0.25) is 9.52 Å². The molecule has 3 N–H and O–H groups in total. The first-order valence-corrected chi connectivity index (χ1v) is 8.33. The SMILES string of the molecule is Cc1ccc(C(=O)Nc2ccccc2O)cc1NS(C)(=O)=O. The zero-order valence-corrected chi connectivity index (χ0v) is 12.9. The first-order valence-electron chi connectivity index (χ1n) is 6.44. The largest absolute Gasteiger partial charge is 0.506 e. The topological polar surface area (TPSA) is 95.5 Å². The molecule has 2 aromatic rings. The van der Waals surface area contributed by atoms with Gasteiger partial charge in [0.1, 0.15) is 5.75 Å². The Labute approximate surface area is 128 Å². The van der Waals surface area contributed by atoms with Crippen molar-refractivity contribution >= 4 is 27.3 Å². The van der Waals surface area contributed by atoms with E-state index in [1.54, 1.807) is 37.3 Å². The Morgan fingerprint density at radius 1 is 1.09 bits per heavy atom. The molecule has 22 heavy (non-hydrogen) atoms. The van der Waals surface area contributed by atoms with Crippen LogP contribution in [0.5, 0.6) is 5.75 Å². The molecule has 7 heteroatoms. The average molecular weight is 320 g/mol. The predicted molar refractivity (Wildman–Crippen MR) is 85.7 cm³/mol. The van der Waals surface area contributed by atoms with Crippen LogP contribution in [0.1, 0.15) is 15.9 Å². The molecule has 2 aromatic carbocycles. The molecule has 0 radical (unpaired) electrons. The summed E-state index contributed by atoms with van der Waals surface area (Å²) in [5, 5.41) is 12.2. The van der Waals surface area contributed by atoms with Gasteiger partial charge >= 0.3 is 0 Å². The lowest BCUT2D eigenvalue weighted by molar-refractivity contribution is 0.102. The standard InChI is InChI=1S/C15H16N2O4S/c1-10-7-8-11(9-13(10)17-22(2,20)21)15(19)16-12-5-3-4-6-14(12)18/h3-9,17-18H,1-2H3,(H,16,19). The number of carbonyl (C=O) groups is 1. The Kier molecular flexibility index (Phi) is 4.37. The summed E-state index contributed by atoms with van der Waals surface area (Å²) in [6.45, 7) is 1.73. The summed E-state index contributed by atoms with van der Waals surface area (Å²) in [5.41, 5.74) is 1.60. The van der Waals surface area contributed by atoms with Gasteiger partial charge < -0.3 is 10.4 Å². The lowest BCUT2D eigenvalue weighted by Gasteiger charge is -2.11. The molecular formula is C15H16N2O4S. The summed E-state index contributed by atoms with van der Waals surface area (Å²) in [6, 6.07) is 11.0. The van der Waals surface area contributed by atoms with Gasteiger partial charge in [0.05, 0.1) is 17.6 Å². The van der Waals surface area contributed by atoms with Crippen LogP contribution in [0.25, 0.3) is 0 Å².